The van der Waals surface area contributed by atoms with Gasteiger partial charge in [-0.1, -0.05) is 54.6 Å². The Balaban J connectivity index is 1.41. The van der Waals surface area contributed by atoms with E-state index in [9.17, 15) is 4.79 Å². The third-order valence-corrected chi connectivity index (χ3v) is 7.96. The summed E-state index contributed by atoms with van der Waals surface area (Å²) in [6.07, 6.45) is 7.30. The van der Waals surface area contributed by atoms with Crippen LogP contribution in [0.4, 0.5) is 5.69 Å². The van der Waals surface area contributed by atoms with Crippen LogP contribution in [0.3, 0.4) is 0 Å². The summed E-state index contributed by atoms with van der Waals surface area (Å²) in [5, 5.41) is 3.73. The maximum atomic E-state index is 14.0. The molecule has 1 spiro atoms. The van der Waals surface area contributed by atoms with E-state index < -0.39 is 0 Å². The Morgan fingerprint density at radius 3 is 2.30 bits per heavy atom. The van der Waals surface area contributed by atoms with E-state index >= 15 is 0 Å². The quantitative estimate of drug-likeness (QED) is 0.479. The number of para-hydroxylation sites is 1. The zero-order valence-electron chi connectivity index (χ0n) is 19.4. The van der Waals surface area contributed by atoms with Crippen LogP contribution in [0.5, 0.6) is 5.75 Å². The Morgan fingerprint density at radius 1 is 0.879 bits per heavy atom. The van der Waals surface area contributed by atoms with Crippen LogP contribution in [0.1, 0.15) is 53.6 Å². The van der Waals surface area contributed by atoms with Gasteiger partial charge < -0.3 is 10.1 Å². The van der Waals surface area contributed by atoms with E-state index in [1.54, 1.807) is 7.11 Å². The number of ether oxygens (including phenoxy) is 1. The molecule has 0 aliphatic heterocycles. The van der Waals surface area contributed by atoms with Gasteiger partial charge in [0.25, 0.3) is 0 Å². The Kier molecular flexibility index (Phi) is 6.22. The Bertz CT molecular complexity index is 1080. The number of carbonyl (C=O) groups is 1. The molecular weight excluding hydrogens is 406 g/mol. The second-order valence-electron chi connectivity index (χ2n) is 9.77. The van der Waals surface area contributed by atoms with E-state index in [-0.39, 0.29) is 11.3 Å². The van der Waals surface area contributed by atoms with E-state index in [0.29, 0.717) is 11.8 Å². The molecular formula is C30H33NO2. The first-order valence-electron chi connectivity index (χ1n) is 12.2. The van der Waals surface area contributed by atoms with E-state index in [4.69, 9.17) is 4.74 Å². The number of ketones is 1. The van der Waals surface area contributed by atoms with Crippen LogP contribution in [-0.4, -0.2) is 18.9 Å². The summed E-state index contributed by atoms with van der Waals surface area (Å²) in [5.41, 5.74) is 4.64. The number of aryl methyl sites for hydroxylation is 1. The zero-order chi connectivity index (χ0) is 22.7. The lowest BCUT2D eigenvalue weighted by Gasteiger charge is -2.45. The van der Waals surface area contributed by atoms with Crippen LogP contribution >= 0.6 is 0 Å². The minimum Gasteiger partial charge on any atom is -0.497 e. The fourth-order valence-corrected chi connectivity index (χ4v) is 6.01. The first-order valence-corrected chi connectivity index (χ1v) is 12.2. The highest BCUT2D eigenvalue weighted by Gasteiger charge is 2.46. The number of carbonyl (C=O) groups excluding carboxylic acids is 1. The molecule has 0 aromatic heterocycles. The number of Topliss-reactive ketones (excluding diaryl/α,β-unsaturated/α-hetero) is 1. The van der Waals surface area contributed by atoms with Crippen LogP contribution < -0.4 is 10.1 Å². The van der Waals surface area contributed by atoms with Gasteiger partial charge in [-0.05, 0) is 85.8 Å². The minimum absolute atomic E-state index is 0.0206. The lowest BCUT2D eigenvalue weighted by atomic mass is 9.60. The molecule has 3 aromatic rings. The third-order valence-electron chi connectivity index (χ3n) is 7.96. The number of rotatable bonds is 5. The number of nitrogens with one attached hydrogen (secondary N) is 1. The van der Waals surface area contributed by atoms with Gasteiger partial charge in [0.15, 0.2) is 5.78 Å². The van der Waals surface area contributed by atoms with Crippen molar-refractivity contribution in [2.75, 3.05) is 12.4 Å². The van der Waals surface area contributed by atoms with Crippen molar-refractivity contribution >= 4 is 11.5 Å². The summed E-state index contributed by atoms with van der Waals surface area (Å²) >= 11 is 0. The van der Waals surface area contributed by atoms with Gasteiger partial charge in [0.2, 0.25) is 0 Å². The maximum Gasteiger partial charge on any atom is 0.167 e. The number of hydrogen-bond acceptors (Lipinski definition) is 3. The molecule has 1 atom stereocenters. The third kappa shape index (κ3) is 4.55. The smallest absolute Gasteiger partial charge is 0.167 e. The summed E-state index contributed by atoms with van der Waals surface area (Å²) in [6, 6.07) is 27.5. The van der Waals surface area contributed by atoms with Crippen molar-refractivity contribution in [3.8, 4) is 5.75 Å². The lowest BCUT2D eigenvalue weighted by Crippen LogP contribution is -2.42. The van der Waals surface area contributed by atoms with Gasteiger partial charge in [0, 0.05) is 23.2 Å². The fraction of sp³-hybridized carbons (Fsp3) is 0.367. The maximum absolute atomic E-state index is 14.0. The molecule has 1 fully saturated rings. The number of hydrogen-bond donors (Lipinski definition) is 1. The van der Waals surface area contributed by atoms with Gasteiger partial charge in [-0.3, -0.25) is 4.79 Å². The van der Waals surface area contributed by atoms with Crippen molar-refractivity contribution < 1.29 is 9.53 Å². The van der Waals surface area contributed by atoms with E-state index in [0.717, 1.165) is 56.3 Å². The van der Waals surface area contributed by atoms with Gasteiger partial charge in [0.05, 0.1) is 7.11 Å². The summed E-state index contributed by atoms with van der Waals surface area (Å²) in [7, 11) is 1.69. The molecule has 3 aromatic carbocycles. The van der Waals surface area contributed by atoms with Crippen molar-refractivity contribution in [1.82, 2.24) is 0 Å². The average Bonchev–Trinajstić information content (AvgIpc) is 2.98. The molecule has 1 N–H and O–H groups in total. The highest BCUT2D eigenvalue weighted by atomic mass is 16.5. The fourth-order valence-electron chi connectivity index (χ4n) is 6.01. The standard InChI is InChI=1S/C30H33NO2/c1-33-26-13-11-22(12-14-26)21-28-29(32)27-10-6-5-7-23(27)15-18-30(28)19-16-25(17-20-30)31-24-8-3-2-4-9-24/h2-14,25,28,31H,15-21H2,1H3. The monoisotopic (exact) mass is 439 g/mol. The summed E-state index contributed by atoms with van der Waals surface area (Å²) in [4.78, 5) is 14.0. The van der Waals surface area contributed by atoms with Crippen LogP contribution in [0, 0.1) is 11.3 Å². The van der Waals surface area contributed by atoms with Gasteiger partial charge in [-0.25, -0.2) is 0 Å². The van der Waals surface area contributed by atoms with Crippen LogP contribution in [-0.2, 0) is 12.8 Å². The zero-order valence-corrected chi connectivity index (χ0v) is 19.4. The highest BCUT2D eigenvalue weighted by molar-refractivity contribution is 6.00. The molecule has 3 heteroatoms. The summed E-state index contributed by atoms with van der Waals surface area (Å²) in [6.45, 7) is 0. The molecule has 170 valence electrons. The van der Waals surface area contributed by atoms with E-state index in [1.807, 2.05) is 24.3 Å². The van der Waals surface area contributed by atoms with E-state index in [2.05, 4.69) is 59.9 Å². The van der Waals surface area contributed by atoms with E-state index in [1.165, 1.54) is 16.8 Å². The van der Waals surface area contributed by atoms with Crippen LogP contribution in [0.2, 0.25) is 0 Å². The Hall–Kier alpha value is -3.07. The molecule has 0 heterocycles. The number of fused-ring (bicyclic) bond motifs is 1. The predicted octanol–water partition coefficient (Wildman–Crippen LogP) is 6.72. The van der Waals surface area contributed by atoms with Gasteiger partial charge in [-0.15, -0.1) is 0 Å². The molecule has 1 unspecified atom stereocenters. The second-order valence-corrected chi connectivity index (χ2v) is 9.77. The largest absolute Gasteiger partial charge is 0.497 e. The molecule has 2 aliphatic rings. The van der Waals surface area contributed by atoms with Crippen LogP contribution in [0.25, 0.3) is 0 Å². The SMILES string of the molecule is COc1ccc(CC2C(=O)c3ccccc3CCC23CCC(Nc2ccccc2)CC3)cc1. The van der Waals surface area contributed by atoms with Gasteiger partial charge in [0.1, 0.15) is 5.75 Å². The lowest BCUT2D eigenvalue weighted by molar-refractivity contribution is 0.0571. The molecule has 1 saturated carbocycles. The van der Waals surface area contributed by atoms with Gasteiger partial charge in [-0.2, -0.15) is 0 Å². The molecule has 0 amide bonds. The minimum atomic E-state index is 0.0206. The number of benzene rings is 3. The van der Waals surface area contributed by atoms with Crippen molar-refractivity contribution in [1.29, 1.82) is 0 Å². The highest BCUT2D eigenvalue weighted by Crippen LogP contribution is 2.50. The number of anilines is 1. The molecule has 0 bridgehead atoms. The molecule has 0 radical (unpaired) electrons. The van der Waals surface area contributed by atoms with Crippen molar-refractivity contribution in [2.45, 2.75) is 51.0 Å². The summed E-state index contributed by atoms with van der Waals surface area (Å²) in [5.74, 6) is 1.22. The predicted molar refractivity (Wildman–Crippen MR) is 134 cm³/mol. The van der Waals surface area contributed by atoms with Crippen LogP contribution in [0.15, 0.2) is 78.9 Å². The molecule has 3 nitrogen and oxygen atoms in total. The topological polar surface area (TPSA) is 38.3 Å². The average molecular weight is 440 g/mol. The second kappa shape index (κ2) is 9.43. The first-order chi connectivity index (χ1) is 16.2. The summed E-state index contributed by atoms with van der Waals surface area (Å²) < 4.78 is 5.34. The van der Waals surface area contributed by atoms with Crippen molar-refractivity contribution in [3.05, 3.63) is 95.6 Å². The Morgan fingerprint density at radius 2 is 1.58 bits per heavy atom. The molecule has 0 saturated heterocycles. The first kappa shape index (κ1) is 21.8. The number of methoxy groups -OCH3 is 1. The molecule has 2 aliphatic carbocycles. The normalized spacial score (nSPS) is 24.7. The molecule has 33 heavy (non-hydrogen) atoms. The van der Waals surface area contributed by atoms with Gasteiger partial charge >= 0.3 is 0 Å². The van der Waals surface area contributed by atoms with Crippen molar-refractivity contribution in [3.63, 3.8) is 0 Å². The van der Waals surface area contributed by atoms with Crippen molar-refractivity contribution in [2.24, 2.45) is 11.3 Å². The Labute approximate surface area is 197 Å². The molecule has 5 rings (SSSR count).